The van der Waals surface area contributed by atoms with Crippen LogP contribution >= 0.6 is 11.6 Å². The Morgan fingerprint density at radius 3 is 2.67 bits per heavy atom. The van der Waals surface area contributed by atoms with Gasteiger partial charge in [-0.1, -0.05) is 30.2 Å². The van der Waals surface area contributed by atoms with Gasteiger partial charge in [-0.2, -0.15) is 0 Å². The van der Waals surface area contributed by atoms with Crippen molar-refractivity contribution < 1.29 is 4.42 Å². The van der Waals surface area contributed by atoms with Crippen molar-refractivity contribution in [3.8, 4) is 11.3 Å². The van der Waals surface area contributed by atoms with E-state index in [2.05, 4.69) is 10.2 Å². The van der Waals surface area contributed by atoms with E-state index in [0.29, 0.717) is 23.2 Å². The van der Waals surface area contributed by atoms with Crippen LogP contribution in [0.15, 0.2) is 39.7 Å². The highest BCUT2D eigenvalue weighted by Gasteiger charge is 2.25. The third-order valence-electron chi connectivity index (χ3n) is 4.69. The molecule has 124 valence electrons. The number of hydrogen-bond donors (Lipinski definition) is 0. The van der Waals surface area contributed by atoms with E-state index >= 15 is 0 Å². The Balaban J connectivity index is 1.68. The minimum absolute atomic E-state index is 0.323. The number of rotatable bonds is 4. The molecule has 0 N–H and O–H groups in total. The summed E-state index contributed by atoms with van der Waals surface area (Å²) in [7, 11) is 1.95. The monoisotopic (exact) mass is 344 g/mol. The van der Waals surface area contributed by atoms with Crippen LogP contribution in [0.2, 0.25) is 5.02 Å². The zero-order chi connectivity index (χ0) is 16.7. The number of aromatic nitrogens is 4. The molecule has 1 fully saturated rings. The van der Waals surface area contributed by atoms with Crippen molar-refractivity contribution >= 4 is 11.6 Å². The lowest BCUT2D eigenvalue weighted by molar-refractivity contribution is 0.391. The molecule has 0 saturated heterocycles. The smallest absolute Gasteiger partial charge is 0.416 e. The second-order valence-corrected chi connectivity index (χ2v) is 6.58. The number of benzene rings is 1. The highest BCUT2D eigenvalue weighted by Crippen LogP contribution is 2.35. The maximum absolute atomic E-state index is 12.1. The highest BCUT2D eigenvalue weighted by atomic mass is 35.5. The highest BCUT2D eigenvalue weighted by molar-refractivity contribution is 6.30. The van der Waals surface area contributed by atoms with Crippen molar-refractivity contribution in [3.05, 3.63) is 57.8 Å². The lowest BCUT2D eigenvalue weighted by Gasteiger charge is -2.24. The van der Waals surface area contributed by atoms with Gasteiger partial charge < -0.3 is 8.98 Å². The van der Waals surface area contributed by atoms with Gasteiger partial charge in [0.1, 0.15) is 12.1 Å². The van der Waals surface area contributed by atoms with Gasteiger partial charge in [-0.05, 0) is 25.0 Å². The molecule has 2 heterocycles. The molecule has 1 saturated carbocycles. The molecule has 1 aromatic carbocycles. The SMILES string of the molecule is Cn1c(Cn2c(-c3ccc(Cl)cc3)coc2=O)nnc1C1CCC1. The predicted octanol–water partition coefficient (Wildman–Crippen LogP) is 3.21. The summed E-state index contributed by atoms with van der Waals surface area (Å²) in [5.41, 5.74) is 1.57. The summed E-state index contributed by atoms with van der Waals surface area (Å²) in [4.78, 5) is 12.1. The van der Waals surface area contributed by atoms with E-state index in [1.807, 2.05) is 23.7 Å². The molecular weight excluding hydrogens is 328 g/mol. The number of halogens is 1. The fraction of sp³-hybridized carbons (Fsp3) is 0.353. The van der Waals surface area contributed by atoms with Gasteiger partial charge in [-0.15, -0.1) is 10.2 Å². The van der Waals surface area contributed by atoms with Crippen molar-refractivity contribution in [3.63, 3.8) is 0 Å². The zero-order valence-electron chi connectivity index (χ0n) is 13.3. The van der Waals surface area contributed by atoms with Crippen LogP contribution in [0, 0.1) is 0 Å². The number of nitrogens with zero attached hydrogens (tertiary/aromatic N) is 4. The Bertz CT molecular complexity index is 919. The second kappa shape index (κ2) is 5.94. The van der Waals surface area contributed by atoms with Gasteiger partial charge in [-0.3, -0.25) is 4.57 Å². The molecule has 7 heteroatoms. The van der Waals surface area contributed by atoms with Crippen molar-refractivity contribution in [2.75, 3.05) is 0 Å². The third-order valence-corrected chi connectivity index (χ3v) is 4.94. The van der Waals surface area contributed by atoms with Gasteiger partial charge in [0.25, 0.3) is 0 Å². The average molecular weight is 345 g/mol. The Hall–Kier alpha value is -2.34. The fourth-order valence-electron chi connectivity index (χ4n) is 3.00. The molecule has 0 aliphatic heterocycles. The molecule has 24 heavy (non-hydrogen) atoms. The lowest BCUT2D eigenvalue weighted by atomic mass is 9.85. The van der Waals surface area contributed by atoms with Gasteiger partial charge >= 0.3 is 5.76 Å². The Kier molecular flexibility index (Phi) is 3.76. The number of hydrogen-bond acceptors (Lipinski definition) is 4. The van der Waals surface area contributed by atoms with E-state index in [0.717, 1.165) is 30.1 Å². The third kappa shape index (κ3) is 2.57. The van der Waals surface area contributed by atoms with Crippen molar-refractivity contribution in [2.45, 2.75) is 31.7 Å². The number of oxazole rings is 1. The first-order valence-corrected chi connectivity index (χ1v) is 8.33. The van der Waals surface area contributed by atoms with Gasteiger partial charge in [0.2, 0.25) is 0 Å². The van der Waals surface area contributed by atoms with Crippen LogP contribution in [0.3, 0.4) is 0 Å². The summed E-state index contributed by atoms with van der Waals surface area (Å²) in [5.74, 6) is 1.83. The second-order valence-electron chi connectivity index (χ2n) is 6.14. The maximum atomic E-state index is 12.1. The summed E-state index contributed by atoms with van der Waals surface area (Å²) in [6.45, 7) is 0.323. The van der Waals surface area contributed by atoms with E-state index in [4.69, 9.17) is 16.0 Å². The first kappa shape index (κ1) is 15.2. The standard InChI is InChI=1S/C17H17ClN4O2/c1-21-15(19-20-16(21)12-3-2-4-12)9-22-14(10-24-17(22)23)11-5-7-13(18)8-6-11/h5-8,10,12H,2-4,9H2,1H3. The van der Waals surface area contributed by atoms with E-state index in [9.17, 15) is 4.79 Å². The Labute approximate surface area is 143 Å². The van der Waals surface area contributed by atoms with E-state index in [1.165, 1.54) is 12.7 Å². The van der Waals surface area contributed by atoms with Crippen LogP contribution in [0.4, 0.5) is 0 Å². The van der Waals surface area contributed by atoms with Gasteiger partial charge in [0.05, 0.1) is 12.2 Å². The molecule has 4 rings (SSSR count). The zero-order valence-corrected chi connectivity index (χ0v) is 14.0. The van der Waals surface area contributed by atoms with Gasteiger partial charge in [0.15, 0.2) is 5.82 Å². The molecule has 2 aromatic heterocycles. The normalized spacial score (nSPS) is 14.8. The fourth-order valence-corrected chi connectivity index (χ4v) is 3.13. The minimum atomic E-state index is -0.409. The molecule has 6 nitrogen and oxygen atoms in total. The summed E-state index contributed by atoms with van der Waals surface area (Å²) in [6, 6.07) is 7.30. The first-order valence-electron chi connectivity index (χ1n) is 7.96. The Morgan fingerprint density at radius 1 is 1.25 bits per heavy atom. The van der Waals surface area contributed by atoms with Crippen molar-refractivity contribution in [1.29, 1.82) is 0 Å². The summed E-state index contributed by atoms with van der Waals surface area (Å²) < 4.78 is 8.66. The first-order chi connectivity index (χ1) is 11.6. The summed E-state index contributed by atoms with van der Waals surface area (Å²) >= 11 is 5.93. The minimum Gasteiger partial charge on any atom is -0.416 e. The quantitative estimate of drug-likeness (QED) is 0.729. The molecule has 0 atom stereocenters. The van der Waals surface area contributed by atoms with E-state index in [1.54, 1.807) is 16.7 Å². The topological polar surface area (TPSA) is 65.8 Å². The molecule has 0 spiro atoms. The predicted molar refractivity (Wildman–Crippen MR) is 90.1 cm³/mol. The molecule has 0 unspecified atom stereocenters. The lowest BCUT2D eigenvalue weighted by Crippen LogP contribution is -2.20. The van der Waals surface area contributed by atoms with Crippen LogP contribution in [0.5, 0.6) is 0 Å². The molecule has 0 radical (unpaired) electrons. The van der Waals surface area contributed by atoms with Gasteiger partial charge in [0, 0.05) is 23.6 Å². The average Bonchev–Trinajstić information content (AvgIpc) is 3.05. The van der Waals surface area contributed by atoms with Gasteiger partial charge in [-0.25, -0.2) is 4.79 Å². The van der Waals surface area contributed by atoms with Crippen LogP contribution in [-0.4, -0.2) is 19.3 Å². The largest absolute Gasteiger partial charge is 0.419 e. The summed E-state index contributed by atoms with van der Waals surface area (Å²) in [6.07, 6.45) is 5.03. The van der Waals surface area contributed by atoms with Crippen LogP contribution in [-0.2, 0) is 13.6 Å². The molecule has 0 amide bonds. The van der Waals surface area contributed by atoms with Crippen molar-refractivity contribution in [2.24, 2.45) is 7.05 Å². The van der Waals surface area contributed by atoms with Crippen LogP contribution < -0.4 is 5.76 Å². The van der Waals surface area contributed by atoms with Crippen LogP contribution in [0.25, 0.3) is 11.3 Å². The molecule has 0 bridgehead atoms. The van der Waals surface area contributed by atoms with E-state index < -0.39 is 5.76 Å². The molecule has 1 aliphatic rings. The van der Waals surface area contributed by atoms with Crippen LogP contribution in [0.1, 0.15) is 36.8 Å². The molecule has 1 aliphatic carbocycles. The Morgan fingerprint density at radius 2 is 2.00 bits per heavy atom. The summed E-state index contributed by atoms with van der Waals surface area (Å²) in [5, 5.41) is 9.23. The van der Waals surface area contributed by atoms with E-state index in [-0.39, 0.29) is 0 Å². The van der Waals surface area contributed by atoms with Crippen molar-refractivity contribution in [1.82, 2.24) is 19.3 Å². The maximum Gasteiger partial charge on any atom is 0.419 e. The molecular formula is C17H17ClN4O2. The molecule has 3 aromatic rings.